The second kappa shape index (κ2) is 8.75. The van der Waals surface area contributed by atoms with Crippen molar-refractivity contribution >= 4 is 21.6 Å². The van der Waals surface area contributed by atoms with Crippen LogP contribution in [0.15, 0.2) is 53.4 Å². The van der Waals surface area contributed by atoms with Gasteiger partial charge in [-0.25, -0.2) is 8.42 Å². The minimum atomic E-state index is -3.65. The molecule has 0 radical (unpaired) electrons. The van der Waals surface area contributed by atoms with Crippen molar-refractivity contribution in [3.63, 3.8) is 0 Å². The standard InChI is InChI=1S/C21H26N2O4S/c1-2-16-5-9-20(10-6-16)28(26,27)22-18-7-3-17(4-8-18)15-21(25)23-13-11-19(24)12-14-23/h3-10,19,22,24H,2,11-15H2,1H3. The third-order valence-electron chi connectivity index (χ3n) is 5.02. The number of benzene rings is 2. The van der Waals surface area contributed by atoms with Gasteiger partial charge < -0.3 is 10.0 Å². The Hall–Kier alpha value is -2.38. The summed E-state index contributed by atoms with van der Waals surface area (Å²) in [6.45, 7) is 3.17. The molecular formula is C21H26N2O4S. The third kappa shape index (κ3) is 5.11. The highest BCUT2D eigenvalue weighted by atomic mass is 32.2. The van der Waals surface area contributed by atoms with Gasteiger partial charge in [0.15, 0.2) is 0 Å². The minimum absolute atomic E-state index is 0.0243. The van der Waals surface area contributed by atoms with Crippen LogP contribution in [0.2, 0.25) is 0 Å². The highest BCUT2D eigenvalue weighted by Gasteiger charge is 2.21. The minimum Gasteiger partial charge on any atom is -0.393 e. The van der Waals surface area contributed by atoms with E-state index in [1.807, 2.05) is 19.1 Å². The molecule has 28 heavy (non-hydrogen) atoms. The molecule has 1 amide bonds. The van der Waals surface area contributed by atoms with Gasteiger partial charge in [0.25, 0.3) is 10.0 Å². The fraction of sp³-hybridized carbons (Fsp3) is 0.381. The van der Waals surface area contributed by atoms with Gasteiger partial charge in [-0.1, -0.05) is 31.2 Å². The van der Waals surface area contributed by atoms with E-state index in [1.165, 1.54) is 0 Å². The Labute approximate surface area is 166 Å². The van der Waals surface area contributed by atoms with Gasteiger partial charge in [-0.2, -0.15) is 0 Å². The molecule has 150 valence electrons. The molecule has 1 saturated heterocycles. The van der Waals surface area contributed by atoms with Crippen LogP contribution in [0.1, 0.15) is 30.9 Å². The second-order valence-corrected chi connectivity index (χ2v) is 8.77. The first-order chi connectivity index (χ1) is 13.4. The van der Waals surface area contributed by atoms with Gasteiger partial charge in [-0.05, 0) is 54.7 Å². The Morgan fingerprint density at radius 1 is 1.04 bits per heavy atom. The van der Waals surface area contributed by atoms with E-state index in [4.69, 9.17) is 0 Å². The molecule has 0 aliphatic carbocycles. The predicted molar refractivity (Wildman–Crippen MR) is 109 cm³/mol. The molecule has 1 heterocycles. The van der Waals surface area contributed by atoms with Gasteiger partial charge in [0.2, 0.25) is 5.91 Å². The number of nitrogens with one attached hydrogen (secondary N) is 1. The van der Waals surface area contributed by atoms with Crippen LogP contribution in [-0.2, 0) is 27.7 Å². The molecule has 2 aromatic carbocycles. The maximum atomic E-state index is 12.5. The number of hydrogen-bond donors (Lipinski definition) is 2. The van der Waals surface area contributed by atoms with Gasteiger partial charge in [0.1, 0.15) is 0 Å². The molecule has 0 bridgehead atoms. The Morgan fingerprint density at radius 2 is 1.61 bits per heavy atom. The summed E-state index contributed by atoms with van der Waals surface area (Å²) in [6.07, 6.45) is 2.04. The van der Waals surface area contributed by atoms with Gasteiger partial charge in [0.05, 0.1) is 17.4 Å². The lowest BCUT2D eigenvalue weighted by Crippen LogP contribution is -2.40. The van der Waals surface area contributed by atoms with Crippen molar-refractivity contribution in [1.29, 1.82) is 0 Å². The molecule has 0 spiro atoms. The second-order valence-electron chi connectivity index (χ2n) is 7.09. The third-order valence-corrected chi connectivity index (χ3v) is 6.42. The van der Waals surface area contributed by atoms with Gasteiger partial charge in [0, 0.05) is 18.8 Å². The number of carbonyl (C=O) groups is 1. The van der Waals surface area contributed by atoms with Crippen LogP contribution in [0.3, 0.4) is 0 Å². The summed E-state index contributed by atoms with van der Waals surface area (Å²) in [5, 5.41) is 9.54. The Bertz CT molecular complexity index is 900. The van der Waals surface area contributed by atoms with Crippen molar-refractivity contribution in [2.45, 2.75) is 43.6 Å². The Balaban J connectivity index is 1.61. The number of piperidine rings is 1. The zero-order valence-electron chi connectivity index (χ0n) is 16.0. The van der Waals surface area contributed by atoms with Crippen LogP contribution in [0.5, 0.6) is 0 Å². The van der Waals surface area contributed by atoms with Crippen molar-refractivity contribution in [3.8, 4) is 0 Å². The molecule has 2 aromatic rings. The van der Waals surface area contributed by atoms with E-state index in [1.54, 1.807) is 41.3 Å². The average molecular weight is 403 g/mol. The van der Waals surface area contributed by atoms with Crippen LogP contribution in [0, 0.1) is 0 Å². The number of nitrogens with zero attached hydrogens (tertiary/aromatic N) is 1. The van der Waals surface area contributed by atoms with Gasteiger partial charge in [-0.3, -0.25) is 9.52 Å². The first-order valence-corrected chi connectivity index (χ1v) is 11.0. The van der Waals surface area contributed by atoms with Crippen LogP contribution < -0.4 is 4.72 Å². The number of sulfonamides is 1. The molecule has 0 atom stereocenters. The van der Waals surface area contributed by atoms with Crippen LogP contribution in [-0.4, -0.2) is 43.5 Å². The van der Waals surface area contributed by atoms with Crippen molar-refractivity contribution in [1.82, 2.24) is 4.90 Å². The maximum Gasteiger partial charge on any atom is 0.261 e. The number of amides is 1. The number of hydrogen-bond acceptors (Lipinski definition) is 4. The SMILES string of the molecule is CCc1ccc(S(=O)(=O)Nc2ccc(CC(=O)N3CCC(O)CC3)cc2)cc1. The number of rotatable bonds is 6. The first-order valence-electron chi connectivity index (χ1n) is 9.54. The zero-order valence-corrected chi connectivity index (χ0v) is 16.8. The number of aliphatic hydroxyl groups is 1. The zero-order chi connectivity index (χ0) is 20.1. The smallest absolute Gasteiger partial charge is 0.261 e. The normalized spacial score (nSPS) is 15.4. The van der Waals surface area contributed by atoms with E-state index >= 15 is 0 Å². The molecule has 0 unspecified atom stereocenters. The highest BCUT2D eigenvalue weighted by molar-refractivity contribution is 7.92. The molecule has 3 rings (SSSR count). The quantitative estimate of drug-likeness (QED) is 0.778. The number of likely N-dealkylation sites (tertiary alicyclic amines) is 1. The van der Waals surface area contributed by atoms with Crippen LogP contribution in [0.4, 0.5) is 5.69 Å². The number of aryl methyl sites for hydroxylation is 1. The summed E-state index contributed by atoms with van der Waals surface area (Å²) in [7, 11) is -3.65. The van der Waals surface area contributed by atoms with Crippen molar-refractivity contribution in [2.24, 2.45) is 0 Å². The fourth-order valence-corrected chi connectivity index (χ4v) is 4.27. The summed E-state index contributed by atoms with van der Waals surface area (Å²) in [5.41, 5.74) is 2.36. The monoisotopic (exact) mass is 402 g/mol. The molecule has 6 nitrogen and oxygen atoms in total. The van der Waals surface area contributed by atoms with E-state index in [2.05, 4.69) is 4.72 Å². The summed E-state index contributed by atoms with van der Waals surface area (Å²) >= 11 is 0. The summed E-state index contributed by atoms with van der Waals surface area (Å²) in [6, 6.07) is 13.7. The summed E-state index contributed by atoms with van der Waals surface area (Å²) in [4.78, 5) is 14.3. The van der Waals surface area contributed by atoms with E-state index in [9.17, 15) is 18.3 Å². The van der Waals surface area contributed by atoms with Gasteiger partial charge >= 0.3 is 0 Å². The van der Waals surface area contributed by atoms with E-state index in [0.29, 0.717) is 31.6 Å². The molecule has 0 saturated carbocycles. The van der Waals surface area contributed by atoms with Crippen molar-refractivity contribution in [3.05, 3.63) is 59.7 Å². The lowest BCUT2D eigenvalue weighted by atomic mass is 10.1. The number of aliphatic hydroxyl groups excluding tert-OH is 1. The predicted octanol–water partition coefficient (Wildman–Crippen LogP) is 2.58. The Morgan fingerprint density at radius 3 is 2.18 bits per heavy atom. The maximum absolute atomic E-state index is 12.5. The van der Waals surface area contributed by atoms with Gasteiger partial charge in [-0.15, -0.1) is 0 Å². The molecule has 1 aliphatic heterocycles. The van der Waals surface area contributed by atoms with Crippen molar-refractivity contribution in [2.75, 3.05) is 17.8 Å². The summed E-state index contributed by atoms with van der Waals surface area (Å²) in [5.74, 6) is 0.0243. The van der Waals surface area contributed by atoms with E-state index < -0.39 is 10.0 Å². The molecule has 2 N–H and O–H groups in total. The van der Waals surface area contributed by atoms with Crippen LogP contribution >= 0.6 is 0 Å². The molecular weight excluding hydrogens is 376 g/mol. The van der Waals surface area contributed by atoms with E-state index in [0.717, 1.165) is 17.5 Å². The lowest BCUT2D eigenvalue weighted by Gasteiger charge is -2.29. The lowest BCUT2D eigenvalue weighted by molar-refractivity contribution is -0.132. The highest BCUT2D eigenvalue weighted by Crippen LogP contribution is 2.18. The van der Waals surface area contributed by atoms with Crippen LogP contribution in [0.25, 0.3) is 0 Å². The van der Waals surface area contributed by atoms with Crippen molar-refractivity contribution < 1.29 is 18.3 Å². The first kappa shape index (κ1) is 20.4. The molecule has 0 aromatic heterocycles. The number of carbonyl (C=O) groups excluding carboxylic acids is 1. The fourth-order valence-electron chi connectivity index (χ4n) is 3.21. The Kier molecular flexibility index (Phi) is 6.36. The molecule has 1 fully saturated rings. The summed E-state index contributed by atoms with van der Waals surface area (Å²) < 4.78 is 27.6. The molecule has 1 aliphatic rings. The molecule has 7 heteroatoms. The topological polar surface area (TPSA) is 86.7 Å². The van der Waals surface area contributed by atoms with E-state index in [-0.39, 0.29) is 23.3 Å². The largest absolute Gasteiger partial charge is 0.393 e. The number of anilines is 1. The average Bonchev–Trinajstić information content (AvgIpc) is 2.70.